The molecule has 0 unspecified atom stereocenters. The van der Waals surface area contributed by atoms with Crippen molar-refractivity contribution in [1.29, 1.82) is 0 Å². The van der Waals surface area contributed by atoms with Gasteiger partial charge in [-0.05, 0) is 49.9 Å². The van der Waals surface area contributed by atoms with Crippen LogP contribution in [0.25, 0.3) is 0 Å². The largest absolute Gasteiger partial charge is 0.466 e. The lowest BCUT2D eigenvalue weighted by molar-refractivity contribution is -0.121. The minimum atomic E-state index is -0.137. The Morgan fingerprint density at radius 1 is 1.38 bits per heavy atom. The zero-order valence-electron chi connectivity index (χ0n) is 14.4. The first kappa shape index (κ1) is 16.6. The summed E-state index contributed by atoms with van der Waals surface area (Å²) in [5.41, 5.74) is 2.19. The number of pyridine rings is 1. The van der Waals surface area contributed by atoms with E-state index in [4.69, 9.17) is 4.42 Å². The zero-order valence-corrected chi connectivity index (χ0v) is 14.4. The molecule has 2 N–H and O–H groups in total. The van der Waals surface area contributed by atoms with Crippen LogP contribution < -0.4 is 10.9 Å². The summed E-state index contributed by atoms with van der Waals surface area (Å²) in [5, 5.41) is 2.82. The van der Waals surface area contributed by atoms with Gasteiger partial charge in [0.2, 0.25) is 5.91 Å². The van der Waals surface area contributed by atoms with Crippen LogP contribution >= 0.6 is 0 Å². The zero-order chi connectivity index (χ0) is 17.3. The number of aromatic amines is 1. The lowest BCUT2D eigenvalue weighted by atomic mass is 10.1. The van der Waals surface area contributed by atoms with Crippen LogP contribution in [0.3, 0.4) is 0 Å². The van der Waals surface area contributed by atoms with Crippen LogP contribution in [0.15, 0.2) is 27.4 Å². The smallest absolute Gasteiger partial charge is 0.253 e. The highest BCUT2D eigenvalue weighted by Gasteiger charge is 2.36. The summed E-state index contributed by atoms with van der Waals surface area (Å²) in [7, 11) is 0. The van der Waals surface area contributed by atoms with Gasteiger partial charge in [-0.1, -0.05) is 6.92 Å². The molecule has 2 heterocycles. The van der Waals surface area contributed by atoms with Gasteiger partial charge in [0, 0.05) is 36.6 Å². The summed E-state index contributed by atoms with van der Waals surface area (Å²) in [4.78, 5) is 26.7. The summed E-state index contributed by atoms with van der Waals surface area (Å²) >= 11 is 0. The number of H-pyrrole nitrogens is 1. The van der Waals surface area contributed by atoms with Crippen LogP contribution in [0, 0.1) is 19.8 Å². The molecule has 1 aliphatic carbocycles. The molecular weight excluding hydrogens is 304 g/mol. The van der Waals surface area contributed by atoms with Gasteiger partial charge in [-0.15, -0.1) is 0 Å². The van der Waals surface area contributed by atoms with Crippen molar-refractivity contribution in [2.24, 2.45) is 5.92 Å². The molecule has 2 atom stereocenters. The highest BCUT2D eigenvalue weighted by Crippen LogP contribution is 2.47. The predicted molar refractivity (Wildman–Crippen MR) is 91.9 cm³/mol. The molecule has 0 aromatic carbocycles. The number of aryl methyl sites for hydroxylation is 3. The molecule has 128 valence electrons. The van der Waals surface area contributed by atoms with Crippen molar-refractivity contribution in [3.05, 3.63) is 56.9 Å². The number of hydrogen-bond acceptors (Lipinski definition) is 3. The first-order valence-corrected chi connectivity index (χ1v) is 8.48. The lowest BCUT2D eigenvalue weighted by Gasteiger charge is -2.07. The van der Waals surface area contributed by atoms with Crippen LogP contribution in [0.2, 0.25) is 0 Å². The molecule has 1 amide bonds. The second-order valence-electron chi connectivity index (χ2n) is 6.84. The molecule has 0 spiro atoms. The quantitative estimate of drug-likeness (QED) is 0.856. The monoisotopic (exact) mass is 328 g/mol. The number of carbonyl (C=O) groups is 1. The Labute approximate surface area is 141 Å². The van der Waals surface area contributed by atoms with Crippen LogP contribution in [-0.2, 0) is 17.8 Å². The Bertz CT molecular complexity index is 803. The van der Waals surface area contributed by atoms with Gasteiger partial charge in [0.1, 0.15) is 11.5 Å². The fraction of sp³-hybridized carbons (Fsp3) is 0.474. The number of hydrogen-bond donors (Lipinski definition) is 2. The van der Waals surface area contributed by atoms with Crippen molar-refractivity contribution >= 4 is 5.91 Å². The predicted octanol–water partition coefficient (Wildman–Crippen LogP) is 2.96. The molecule has 24 heavy (non-hydrogen) atoms. The maximum Gasteiger partial charge on any atom is 0.253 e. The molecule has 0 aliphatic heterocycles. The highest BCUT2D eigenvalue weighted by molar-refractivity contribution is 5.76. The molecule has 5 nitrogen and oxygen atoms in total. The van der Waals surface area contributed by atoms with E-state index in [2.05, 4.69) is 17.2 Å². The number of aromatic nitrogens is 1. The lowest BCUT2D eigenvalue weighted by Crippen LogP contribution is -2.28. The number of furan rings is 1. The fourth-order valence-electron chi connectivity index (χ4n) is 3.06. The number of rotatable bonds is 6. The topological polar surface area (TPSA) is 75.1 Å². The second-order valence-corrected chi connectivity index (χ2v) is 6.84. The van der Waals surface area contributed by atoms with Gasteiger partial charge in [-0.3, -0.25) is 9.59 Å². The second kappa shape index (κ2) is 6.67. The molecule has 0 bridgehead atoms. The molecule has 0 radical (unpaired) electrons. The molecule has 1 aliphatic rings. The first-order valence-electron chi connectivity index (χ1n) is 8.48. The third-order valence-corrected chi connectivity index (χ3v) is 4.71. The van der Waals surface area contributed by atoms with Crippen molar-refractivity contribution in [2.45, 2.75) is 52.5 Å². The maximum atomic E-state index is 12.0. The fourth-order valence-corrected chi connectivity index (χ4v) is 3.06. The first-order chi connectivity index (χ1) is 11.4. The summed E-state index contributed by atoms with van der Waals surface area (Å²) in [6, 6.07) is 5.89. The van der Waals surface area contributed by atoms with Crippen LogP contribution in [-0.4, -0.2) is 10.9 Å². The van der Waals surface area contributed by atoms with Gasteiger partial charge in [0.15, 0.2) is 0 Å². The summed E-state index contributed by atoms with van der Waals surface area (Å²) in [6.07, 6.45) is 2.13. The standard InChI is InChI=1S/C19H24N2O3/c1-11-8-13(3)21-19(23)16(11)10-20-18(22)7-5-14-4-6-17(24-14)15-9-12(15)2/h4,6,8,12,15H,5,7,9-10H2,1-3H3,(H,20,22)(H,21,23)/t12-,15-/m0/s1. The van der Waals surface area contributed by atoms with Crippen molar-refractivity contribution in [3.63, 3.8) is 0 Å². The van der Waals surface area contributed by atoms with Gasteiger partial charge < -0.3 is 14.7 Å². The van der Waals surface area contributed by atoms with Gasteiger partial charge in [-0.25, -0.2) is 0 Å². The minimum absolute atomic E-state index is 0.0767. The van der Waals surface area contributed by atoms with Crippen molar-refractivity contribution < 1.29 is 9.21 Å². The third kappa shape index (κ3) is 3.78. The van der Waals surface area contributed by atoms with Gasteiger partial charge in [-0.2, -0.15) is 0 Å². The molecule has 2 aromatic heterocycles. The van der Waals surface area contributed by atoms with E-state index in [0.717, 1.165) is 22.8 Å². The van der Waals surface area contributed by atoms with Crippen LogP contribution in [0.4, 0.5) is 0 Å². The number of carbonyl (C=O) groups excluding carboxylic acids is 1. The molecule has 3 rings (SSSR count). The van der Waals surface area contributed by atoms with Crippen molar-refractivity contribution in [1.82, 2.24) is 10.3 Å². The summed E-state index contributed by atoms with van der Waals surface area (Å²) in [5.74, 6) is 3.09. The molecule has 1 fully saturated rings. The Balaban J connectivity index is 1.49. The van der Waals surface area contributed by atoms with E-state index in [-0.39, 0.29) is 18.0 Å². The summed E-state index contributed by atoms with van der Waals surface area (Å²) < 4.78 is 5.81. The van der Waals surface area contributed by atoms with E-state index in [1.165, 1.54) is 6.42 Å². The Kier molecular flexibility index (Phi) is 4.60. The van der Waals surface area contributed by atoms with Gasteiger partial charge in [0.05, 0.1) is 0 Å². The Morgan fingerprint density at radius 2 is 2.12 bits per heavy atom. The normalized spacial score (nSPS) is 19.3. The van der Waals surface area contributed by atoms with E-state index in [1.54, 1.807) is 0 Å². The van der Waals surface area contributed by atoms with E-state index >= 15 is 0 Å². The van der Waals surface area contributed by atoms with Gasteiger partial charge in [0.25, 0.3) is 5.56 Å². The molecular formula is C19H24N2O3. The maximum absolute atomic E-state index is 12.0. The minimum Gasteiger partial charge on any atom is -0.466 e. The van der Waals surface area contributed by atoms with Crippen molar-refractivity contribution in [2.75, 3.05) is 0 Å². The van der Waals surface area contributed by atoms with E-state index in [1.807, 2.05) is 32.0 Å². The summed E-state index contributed by atoms with van der Waals surface area (Å²) in [6.45, 7) is 6.20. The van der Waals surface area contributed by atoms with Crippen LogP contribution in [0.1, 0.15) is 54.0 Å². The number of nitrogens with one attached hydrogen (secondary N) is 2. The van der Waals surface area contributed by atoms with Gasteiger partial charge >= 0.3 is 0 Å². The number of amides is 1. The average molecular weight is 328 g/mol. The molecule has 1 saturated carbocycles. The molecule has 5 heteroatoms. The van der Waals surface area contributed by atoms with Crippen molar-refractivity contribution in [3.8, 4) is 0 Å². The molecule has 0 saturated heterocycles. The Morgan fingerprint density at radius 3 is 2.79 bits per heavy atom. The van der Waals surface area contributed by atoms with E-state index < -0.39 is 0 Å². The average Bonchev–Trinajstić information content (AvgIpc) is 3.06. The van der Waals surface area contributed by atoms with E-state index in [9.17, 15) is 9.59 Å². The molecule has 2 aromatic rings. The third-order valence-electron chi connectivity index (χ3n) is 4.71. The Hall–Kier alpha value is -2.30. The SMILES string of the molecule is Cc1cc(C)c(CNC(=O)CCc2ccc([C@H]3C[C@@H]3C)o2)c(=O)[nH]1. The van der Waals surface area contributed by atoms with Crippen LogP contribution in [0.5, 0.6) is 0 Å². The highest BCUT2D eigenvalue weighted by atomic mass is 16.3. The van der Waals surface area contributed by atoms with E-state index in [0.29, 0.717) is 30.2 Å².